The molecule has 210 valence electrons. The van der Waals surface area contributed by atoms with Gasteiger partial charge in [-0.1, -0.05) is 47.6 Å². The van der Waals surface area contributed by atoms with Gasteiger partial charge in [-0.2, -0.15) is 0 Å². The van der Waals surface area contributed by atoms with Crippen LogP contribution in [0, 0.1) is 10.8 Å². The summed E-state index contributed by atoms with van der Waals surface area (Å²) in [5.74, 6) is -1.57. The van der Waals surface area contributed by atoms with Gasteiger partial charge in [-0.25, -0.2) is 4.79 Å². The maximum absolute atomic E-state index is 13.4. The van der Waals surface area contributed by atoms with Gasteiger partial charge in [-0.05, 0) is 30.1 Å². The number of hydrogen-bond acceptors (Lipinski definition) is 5. The highest BCUT2D eigenvalue weighted by Crippen LogP contribution is 2.25. The Kier molecular flexibility index (Phi) is 12.1. The third-order valence-electron chi connectivity index (χ3n) is 5.73. The molecule has 0 aromatic heterocycles. The molecule has 1 fully saturated rings. The van der Waals surface area contributed by atoms with E-state index in [1.165, 1.54) is 11.0 Å². The number of urea groups is 1. The van der Waals surface area contributed by atoms with Crippen LogP contribution in [0.4, 0.5) is 4.79 Å². The fourth-order valence-corrected chi connectivity index (χ4v) is 4.11. The summed E-state index contributed by atoms with van der Waals surface area (Å²) in [5, 5.41) is 10.9. The molecule has 0 aromatic carbocycles. The van der Waals surface area contributed by atoms with Crippen molar-refractivity contribution >= 4 is 29.7 Å². The SMILES string of the molecule is C=CCNC(=O)N[C@H]1CCN(C(=O)CC(C)(C)C)[C@@H]1C(=O)N[C@@H](CCCNC(=O)CC(C)(C)C)C(N)=O. The second-order valence-electron chi connectivity index (χ2n) is 12.0. The summed E-state index contributed by atoms with van der Waals surface area (Å²) in [6.45, 7) is 16.1. The van der Waals surface area contributed by atoms with Crippen molar-refractivity contribution in [2.45, 2.75) is 91.8 Å². The van der Waals surface area contributed by atoms with Crippen molar-refractivity contribution < 1.29 is 24.0 Å². The molecule has 0 aromatic rings. The number of rotatable bonds is 12. The fourth-order valence-electron chi connectivity index (χ4n) is 4.11. The van der Waals surface area contributed by atoms with Gasteiger partial charge in [0.25, 0.3) is 0 Å². The molecule has 0 spiro atoms. The van der Waals surface area contributed by atoms with E-state index in [4.69, 9.17) is 5.73 Å². The molecular formula is C26H46N6O5. The number of primary amides is 1. The van der Waals surface area contributed by atoms with Crippen molar-refractivity contribution in [3.8, 4) is 0 Å². The average molecular weight is 523 g/mol. The summed E-state index contributed by atoms with van der Waals surface area (Å²) in [5.41, 5.74) is 5.11. The molecule has 11 nitrogen and oxygen atoms in total. The highest BCUT2D eigenvalue weighted by molar-refractivity contribution is 5.93. The van der Waals surface area contributed by atoms with Crippen LogP contribution in [-0.2, 0) is 19.2 Å². The van der Waals surface area contributed by atoms with Crippen LogP contribution in [0.15, 0.2) is 12.7 Å². The average Bonchev–Trinajstić information content (AvgIpc) is 3.15. The summed E-state index contributed by atoms with van der Waals surface area (Å²) in [6.07, 6.45) is 3.15. The van der Waals surface area contributed by atoms with Gasteiger partial charge in [-0.3, -0.25) is 19.2 Å². The Morgan fingerprint density at radius 2 is 1.65 bits per heavy atom. The first-order chi connectivity index (χ1) is 17.0. The number of amides is 6. The number of carbonyl (C=O) groups is 5. The van der Waals surface area contributed by atoms with E-state index in [2.05, 4.69) is 27.8 Å². The molecule has 1 heterocycles. The number of likely N-dealkylation sites (tertiary alicyclic amines) is 1. The first kappa shape index (κ1) is 31.9. The molecule has 37 heavy (non-hydrogen) atoms. The lowest BCUT2D eigenvalue weighted by molar-refractivity contribution is -0.141. The first-order valence-corrected chi connectivity index (χ1v) is 12.8. The van der Waals surface area contributed by atoms with E-state index in [1.807, 2.05) is 41.5 Å². The van der Waals surface area contributed by atoms with E-state index < -0.39 is 36.0 Å². The molecule has 0 bridgehead atoms. The van der Waals surface area contributed by atoms with Crippen molar-refractivity contribution in [3.05, 3.63) is 12.7 Å². The Morgan fingerprint density at radius 1 is 1.03 bits per heavy atom. The molecular weight excluding hydrogens is 476 g/mol. The van der Waals surface area contributed by atoms with Crippen LogP contribution >= 0.6 is 0 Å². The maximum Gasteiger partial charge on any atom is 0.315 e. The first-order valence-electron chi connectivity index (χ1n) is 12.8. The number of nitrogens with zero attached hydrogens (tertiary/aromatic N) is 1. The molecule has 0 unspecified atom stereocenters. The second kappa shape index (κ2) is 14.0. The minimum absolute atomic E-state index is 0.0882. The van der Waals surface area contributed by atoms with Crippen LogP contribution < -0.4 is 27.0 Å². The molecule has 6 N–H and O–H groups in total. The lowest BCUT2D eigenvalue weighted by atomic mass is 9.91. The monoisotopic (exact) mass is 522 g/mol. The number of carbonyl (C=O) groups excluding carboxylic acids is 5. The van der Waals surface area contributed by atoms with Crippen molar-refractivity contribution in [1.82, 2.24) is 26.2 Å². The highest BCUT2D eigenvalue weighted by atomic mass is 16.2. The number of hydrogen-bond donors (Lipinski definition) is 5. The molecule has 0 radical (unpaired) electrons. The van der Waals surface area contributed by atoms with Crippen LogP contribution in [0.25, 0.3) is 0 Å². The topological polar surface area (TPSA) is 163 Å². The van der Waals surface area contributed by atoms with Gasteiger partial charge in [0.05, 0.1) is 6.04 Å². The molecule has 3 atom stereocenters. The smallest absolute Gasteiger partial charge is 0.315 e. The zero-order valence-corrected chi connectivity index (χ0v) is 23.2. The molecule has 11 heteroatoms. The van der Waals surface area contributed by atoms with Gasteiger partial charge in [0.2, 0.25) is 23.6 Å². The van der Waals surface area contributed by atoms with Crippen LogP contribution in [0.3, 0.4) is 0 Å². The predicted molar refractivity (Wildman–Crippen MR) is 142 cm³/mol. The van der Waals surface area contributed by atoms with E-state index in [0.717, 1.165) is 0 Å². The molecule has 1 saturated heterocycles. The quantitative estimate of drug-likeness (QED) is 0.192. The summed E-state index contributed by atoms with van der Waals surface area (Å²) < 4.78 is 0. The van der Waals surface area contributed by atoms with Crippen molar-refractivity contribution in [1.29, 1.82) is 0 Å². The van der Waals surface area contributed by atoms with Gasteiger partial charge in [-0.15, -0.1) is 6.58 Å². The minimum Gasteiger partial charge on any atom is -0.368 e. The zero-order chi connectivity index (χ0) is 28.4. The summed E-state index contributed by atoms with van der Waals surface area (Å²) in [6, 6.07) is -3.09. The van der Waals surface area contributed by atoms with E-state index in [-0.39, 0.29) is 42.0 Å². The molecule has 6 amide bonds. The lowest BCUT2D eigenvalue weighted by Crippen LogP contribution is -2.59. The Labute approximate surface area is 220 Å². The third-order valence-corrected chi connectivity index (χ3v) is 5.73. The third kappa shape index (κ3) is 12.1. The molecule has 1 aliphatic rings. The van der Waals surface area contributed by atoms with E-state index in [9.17, 15) is 24.0 Å². The maximum atomic E-state index is 13.4. The zero-order valence-electron chi connectivity index (χ0n) is 23.2. The van der Waals surface area contributed by atoms with E-state index in [1.54, 1.807) is 0 Å². The largest absolute Gasteiger partial charge is 0.368 e. The van der Waals surface area contributed by atoms with Crippen molar-refractivity contribution in [2.75, 3.05) is 19.6 Å². The molecule has 1 rings (SSSR count). The van der Waals surface area contributed by atoms with Crippen molar-refractivity contribution in [3.63, 3.8) is 0 Å². The van der Waals surface area contributed by atoms with Crippen LogP contribution in [0.2, 0.25) is 0 Å². The molecule has 0 aliphatic carbocycles. The van der Waals surface area contributed by atoms with Gasteiger partial charge >= 0.3 is 6.03 Å². The minimum atomic E-state index is -0.988. The fraction of sp³-hybridized carbons (Fsp3) is 0.731. The predicted octanol–water partition coefficient (Wildman–Crippen LogP) is 1.18. The molecule has 1 aliphatic heterocycles. The number of nitrogens with one attached hydrogen (secondary N) is 4. The summed E-state index contributed by atoms with van der Waals surface area (Å²) in [4.78, 5) is 64.3. The normalized spacial score (nSPS) is 18.5. The molecule has 0 saturated carbocycles. The number of nitrogens with two attached hydrogens (primary N) is 1. The highest BCUT2D eigenvalue weighted by Gasteiger charge is 2.43. The summed E-state index contributed by atoms with van der Waals surface area (Å²) in [7, 11) is 0. The Morgan fingerprint density at radius 3 is 2.19 bits per heavy atom. The summed E-state index contributed by atoms with van der Waals surface area (Å²) >= 11 is 0. The van der Waals surface area contributed by atoms with Gasteiger partial charge < -0.3 is 31.9 Å². The van der Waals surface area contributed by atoms with Gasteiger partial charge in [0.15, 0.2) is 0 Å². The van der Waals surface area contributed by atoms with Gasteiger partial charge in [0.1, 0.15) is 12.1 Å². The van der Waals surface area contributed by atoms with Crippen molar-refractivity contribution in [2.24, 2.45) is 16.6 Å². The lowest BCUT2D eigenvalue weighted by Gasteiger charge is -2.31. The van der Waals surface area contributed by atoms with Crippen LogP contribution in [0.1, 0.15) is 73.6 Å². The Balaban J connectivity index is 2.90. The second-order valence-corrected chi connectivity index (χ2v) is 12.0. The Hall–Kier alpha value is -3.11. The van der Waals surface area contributed by atoms with E-state index in [0.29, 0.717) is 32.4 Å². The van der Waals surface area contributed by atoms with Gasteiger partial charge in [0, 0.05) is 32.5 Å². The van der Waals surface area contributed by atoms with Crippen LogP contribution in [-0.4, -0.2) is 72.3 Å². The van der Waals surface area contributed by atoms with E-state index >= 15 is 0 Å². The Bertz CT molecular complexity index is 845. The standard InChI is InChI=1S/C26H46N6O5/c1-8-12-29-24(37)31-17-11-14-32(20(34)16-26(5,6)7)21(17)23(36)30-18(22(27)35)10-9-13-28-19(33)15-25(2,3)4/h8,17-18,21H,1,9-16H2,2-7H3,(H2,27,35)(H,28,33)(H,30,36)(H2,29,31,37)/t17-,18-,21-/m0/s1. The van der Waals surface area contributed by atoms with Crippen LogP contribution in [0.5, 0.6) is 0 Å².